The van der Waals surface area contributed by atoms with Crippen LogP contribution in [0, 0.1) is 0 Å². The van der Waals surface area contributed by atoms with E-state index in [9.17, 15) is 30.7 Å². The normalized spacial score (nSPS) is 15.1. The molecular weight excluding hydrogens is 705 g/mol. The summed E-state index contributed by atoms with van der Waals surface area (Å²) in [6.45, 7) is 2.24. The minimum absolute atomic E-state index is 0.0854. The number of unbranched alkanes of at least 4 members (excludes halogenated alkanes) is 14. The second kappa shape index (κ2) is 20.3. The van der Waals surface area contributed by atoms with Gasteiger partial charge in [-0.15, -0.1) is 0 Å². The molecule has 0 saturated carbocycles. The number of azo groups is 1. The largest absolute Gasteiger partial charge is 0.456 e. The Hall–Kier alpha value is -3.98. The summed E-state index contributed by atoms with van der Waals surface area (Å²) in [6, 6.07) is 16.3. The smallest absolute Gasteiger partial charge is 0.298 e. The Labute approximate surface area is 307 Å². The second-order valence-corrected chi connectivity index (χ2v) is 15.9. The zero-order valence-corrected chi connectivity index (χ0v) is 31.4. The first-order chi connectivity index (χ1) is 25.0. The molecule has 14 heteroatoms. The average Bonchev–Trinajstić information content (AvgIpc) is 3.43. The van der Waals surface area contributed by atoms with Crippen LogP contribution in [0.15, 0.2) is 97.9 Å². The van der Waals surface area contributed by atoms with Gasteiger partial charge in [-0.25, -0.2) is 0 Å². The predicted molar refractivity (Wildman–Crippen MR) is 202 cm³/mol. The summed E-state index contributed by atoms with van der Waals surface area (Å²) >= 11 is 0. The van der Waals surface area contributed by atoms with Crippen LogP contribution in [0.2, 0.25) is 0 Å². The van der Waals surface area contributed by atoms with Crippen molar-refractivity contribution in [2.75, 3.05) is 5.01 Å². The molecule has 3 aromatic rings. The van der Waals surface area contributed by atoms with Crippen LogP contribution < -0.4 is 9.75 Å². The van der Waals surface area contributed by atoms with Gasteiger partial charge in [-0.1, -0.05) is 115 Å². The van der Waals surface area contributed by atoms with Crippen molar-refractivity contribution in [3.63, 3.8) is 0 Å². The molecule has 0 saturated heterocycles. The zero-order chi connectivity index (χ0) is 37.4. The van der Waals surface area contributed by atoms with Crippen LogP contribution in [-0.4, -0.2) is 43.6 Å². The van der Waals surface area contributed by atoms with Crippen LogP contribution in [0.25, 0.3) is 0 Å². The van der Waals surface area contributed by atoms with Crippen LogP contribution in [0.3, 0.4) is 0 Å². The van der Waals surface area contributed by atoms with E-state index in [-0.39, 0.29) is 22.0 Å². The predicted octanol–water partition coefficient (Wildman–Crippen LogP) is 10.1. The number of hydrogen-bond acceptors (Lipinski definition) is 9. The summed E-state index contributed by atoms with van der Waals surface area (Å²) in [6.07, 6.45) is 18.7. The molecule has 0 aromatic heterocycles. The fraction of sp³-hybridized carbons (Fsp3) is 0.474. The lowest BCUT2D eigenvalue weighted by atomic mass is 10.0. The molecule has 1 aliphatic rings. The molecule has 1 atom stereocenters. The Morgan fingerprint density at radius 1 is 0.712 bits per heavy atom. The highest BCUT2D eigenvalue weighted by Gasteiger charge is 2.37. The third-order valence-corrected chi connectivity index (χ3v) is 10.6. The lowest BCUT2D eigenvalue weighted by Crippen LogP contribution is -2.30. The minimum Gasteiger partial charge on any atom is -0.456 e. The number of rotatable bonds is 23. The van der Waals surface area contributed by atoms with E-state index in [1.165, 1.54) is 107 Å². The van der Waals surface area contributed by atoms with Crippen molar-refractivity contribution in [2.45, 2.75) is 125 Å². The van der Waals surface area contributed by atoms with Gasteiger partial charge in [0.1, 0.15) is 16.4 Å². The van der Waals surface area contributed by atoms with Gasteiger partial charge in [0.25, 0.3) is 26.1 Å². The van der Waals surface area contributed by atoms with E-state index in [4.69, 9.17) is 4.74 Å². The molecule has 0 bridgehead atoms. The molecule has 12 nitrogen and oxygen atoms in total. The molecule has 52 heavy (non-hydrogen) atoms. The third kappa shape index (κ3) is 12.9. The van der Waals surface area contributed by atoms with Crippen LogP contribution in [0.4, 0.5) is 11.4 Å². The van der Waals surface area contributed by atoms with Gasteiger partial charge >= 0.3 is 0 Å². The summed E-state index contributed by atoms with van der Waals surface area (Å²) in [5.41, 5.74) is 0.777. The van der Waals surface area contributed by atoms with Gasteiger partial charge in [-0.2, -0.15) is 37.2 Å². The first-order valence-electron chi connectivity index (χ1n) is 18.2. The molecule has 1 amide bonds. The molecule has 0 aliphatic carbocycles. The first-order valence-corrected chi connectivity index (χ1v) is 21.1. The van der Waals surface area contributed by atoms with Crippen LogP contribution in [0.5, 0.6) is 11.5 Å². The maximum absolute atomic E-state index is 13.7. The topological polar surface area (TPSA) is 175 Å². The number of amides is 1. The fourth-order valence-corrected chi connectivity index (χ4v) is 7.11. The summed E-state index contributed by atoms with van der Waals surface area (Å²) in [5, 5.41) is 14.0. The highest BCUT2D eigenvalue weighted by atomic mass is 32.2. The quantitative estimate of drug-likeness (QED) is 0.0546. The Kier molecular flexibility index (Phi) is 15.9. The van der Waals surface area contributed by atoms with E-state index in [2.05, 4.69) is 22.3 Å². The number of nitrogens with zero attached hydrogens (tertiary/aromatic N) is 4. The van der Waals surface area contributed by atoms with Crippen LogP contribution in [-0.2, 0) is 25.0 Å². The number of hydrazone groups is 1. The number of hydrogen-bond donors (Lipinski definition) is 2. The molecule has 2 N–H and O–H groups in total. The Morgan fingerprint density at radius 2 is 1.27 bits per heavy atom. The van der Waals surface area contributed by atoms with E-state index in [1.807, 2.05) is 0 Å². The molecule has 0 unspecified atom stereocenters. The van der Waals surface area contributed by atoms with Crippen molar-refractivity contribution in [2.24, 2.45) is 15.3 Å². The number of anilines is 1. The Morgan fingerprint density at radius 3 is 1.81 bits per heavy atom. The molecule has 1 heterocycles. The summed E-state index contributed by atoms with van der Waals surface area (Å²) in [5.74, 6) is -0.353. The van der Waals surface area contributed by atoms with E-state index >= 15 is 0 Å². The highest BCUT2D eigenvalue weighted by molar-refractivity contribution is 7.86. The van der Waals surface area contributed by atoms with Crippen molar-refractivity contribution in [1.29, 1.82) is 0 Å². The average molecular weight is 755 g/mol. The first kappa shape index (κ1) is 40.8. The number of carbonyl (C=O) groups excluding carboxylic acids is 1. The Bertz CT molecular complexity index is 1870. The second-order valence-electron chi connectivity index (χ2n) is 13.0. The van der Waals surface area contributed by atoms with E-state index < -0.39 is 37.1 Å². The SMILES string of the molecule is CCCCCCCCCCCCCCCCCC1=NN(c2ccc(Oc3ccccc3)c(S(=O)(=O)O)c2)C(=O)[C@@H]1N=Nc1ccc(S(=O)(=O)O)cc1. The molecule has 0 fully saturated rings. The molecule has 0 radical (unpaired) electrons. The zero-order valence-electron chi connectivity index (χ0n) is 29.8. The molecule has 3 aromatic carbocycles. The number of ether oxygens (including phenoxy) is 1. The van der Waals surface area contributed by atoms with Gasteiger partial charge < -0.3 is 4.74 Å². The van der Waals surface area contributed by atoms with Gasteiger partial charge in [0.05, 0.1) is 22.0 Å². The van der Waals surface area contributed by atoms with Gasteiger partial charge in [-0.05, 0) is 67.4 Å². The van der Waals surface area contributed by atoms with Gasteiger partial charge in [0, 0.05) is 0 Å². The summed E-state index contributed by atoms with van der Waals surface area (Å²) in [4.78, 5) is 12.9. The lowest BCUT2D eigenvalue weighted by molar-refractivity contribution is -0.117. The van der Waals surface area contributed by atoms with Gasteiger partial charge in [-0.3, -0.25) is 13.9 Å². The molecule has 282 valence electrons. The van der Waals surface area contributed by atoms with Crippen molar-refractivity contribution >= 4 is 43.2 Å². The van der Waals surface area contributed by atoms with Gasteiger partial charge in [0.2, 0.25) is 0 Å². The van der Waals surface area contributed by atoms with E-state index in [0.29, 0.717) is 17.9 Å². The number of para-hydroxylation sites is 1. The number of benzene rings is 3. The molecule has 0 spiro atoms. The van der Waals surface area contributed by atoms with Gasteiger partial charge in [0.15, 0.2) is 6.04 Å². The third-order valence-electron chi connectivity index (χ3n) is 8.87. The standard InChI is InChI=1S/C38H50N4O8S2/c1-2-3-4-5-6-7-8-9-10-11-12-13-14-15-19-22-34-37(40-39-30-23-26-33(27-24-30)51(44,45)46)38(43)42(41-34)31-25-28-35(36(29-31)52(47,48)49)50-32-20-17-16-18-21-32/h16-18,20-21,23-29,37H,2-15,19,22H2,1H3,(H,44,45,46)(H,47,48,49)/t37-/m1/s1. The Balaban J connectivity index is 1.39. The summed E-state index contributed by atoms with van der Waals surface area (Å²) < 4.78 is 72.6. The maximum Gasteiger partial charge on any atom is 0.298 e. The number of carbonyl (C=O) groups is 1. The minimum atomic E-state index is -4.76. The monoisotopic (exact) mass is 754 g/mol. The molecule has 1 aliphatic heterocycles. The van der Waals surface area contributed by atoms with Crippen LogP contribution in [0.1, 0.15) is 110 Å². The van der Waals surface area contributed by atoms with Crippen LogP contribution >= 0.6 is 0 Å². The molecule has 4 rings (SSSR count). The van der Waals surface area contributed by atoms with Crippen molar-refractivity contribution in [3.8, 4) is 11.5 Å². The van der Waals surface area contributed by atoms with E-state index in [1.54, 1.807) is 30.3 Å². The van der Waals surface area contributed by atoms with Crippen molar-refractivity contribution in [3.05, 3.63) is 72.8 Å². The summed E-state index contributed by atoms with van der Waals surface area (Å²) in [7, 11) is -9.15. The highest BCUT2D eigenvalue weighted by Crippen LogP contribution is 2.34. The lowest BCUT2D eigenvalue weighted by Gasteiger charge is -2.15. The maximum atomic E-state index is 13.7. The molecular formula is C38H50N4O8S2. The fourth-order valence-electron chi connectivity index (χ4n) is 6.00. The van der Waals surface area contributed by atoms with E-state index in [0.717, 1.165) is 36.8 Å². The van der Waals surface area contributed by atoms with Crippen molar-refractivity contribution < 1.29 is 35.5 Å². The van der Waals surface area contributed by atoms with Crippen molar-refractivity contribution in [1.82, 2.24) is 0 Å².